The van der Waals surface area contributed by atoms with Gasteiger partial charge in [-0.15, -0.1) is 0 Å². The molecular weight excluding hydrogens is 214 g/mol. The van der Waals surface area contributed by atoms with Gasteiger partial charge in [0.05, 0.1) is 6.61 Å². The lowest BCUT2D eigenvalue weighted by molar-refractivity contribution is 0.0319. The molecule has 3 N–H and O–H groups in total. The molecule has 1 unspecified atom stereocenters. The fraction of sp³-hybridized carbons (Fsp3) is 0.571. The van der Waals surface area contributed by atoms with Crippen molar-refractivity contribution < 1.29 is 9.84 Å². The van der Waals surface area contributed by atoms with Crippen LogP contribution in [-0.4, -0.2) is 18.3 Å². The van der Waals surface area contributed by atoms with Crippen LogP contribution in [0.5, 0.6) is 0 Å². The van der Waals surface area contributed by atoms with Gasteiger partial charge < -0.3 is 15.6 Å². The molecule has 0 aromatic heterocycles. The molecule has 0 amide bonds. The van der Waals surface area contributed by atoms with Gasteiger partial charge in [0.2, 0.25) is 0 Å². The van der Waals surface area contributed by atoms with Gasteiger partial charge in [-0.1, -0.05) is 38.1 Å². The summed E-state index contributed by atoms with van der Waals surface area (Å²) in [7, 11) is 0. The number of nitrogens with two attached hydrogens (primary N) is 1. The van der Waals surface area contributed by atoms with Crippen molar-refractivity contribution in [2.45, 2.75) is 32.9 Å². The van der Waals surface area contributed by atoms with Crippen molar-refractivity contribution in [2.75, 3.05) is 13.2 Å². The molecule has 3 heteroatoms. The van der Waals surface area contributed by atoms with Crippen LogP contribution in [0.15, 0.2) is 24.3 Å². The van der Waals surface area contributed by atoms with E-state index >= 15 is 0 Å². The Morgan fingerprint density at radius 3 is 2.41 bits per heavy atom. The third-order valence-corrected chi connectivity index (χ3v) is 2.72. The Kier molecular flexibility index (Phi) is 6.19. The molecular formula is C14H23NO2. The van der Waals surface area contributed by atoms with Crippen LogP contribution in [0.25, 0.3) is 0 Å². The molecule has 1 aromatic carbocycles. The predicted octanol–water partition coefficient (Wildman–Crippen LogP) is 2.24. The normalized spacial score (nSPS) is 13.0. The van der Waals surface area contributed by atoms with Crippen LogP contribution in [0.1, 0.15) is 37.5 Å². The Bertz CT molecular complexity index is 309. The van der Waals surface area contributed by atoms with Gasteiger partial charge in [0.15, 0.2) is 0 Å². The molecule has 1 aromatic rings. The molecule has 1 rings (SSSR count). The van der Waals surface area contributed by atoms with Crippen LogP contribution in [0, 0.1) is 5.92 Å². The molecule has 0 aliphatic heterocycles. The number of aliphatic hydroxyl groups is 1. The van der Waals surface area contributed by atoms with E-state index in [1.807, 2.05) is 24.3 Å². The van der Waals surface area contributed by atoms with E-state index in [-0.39, 0.29) is 0 Å². The lowest BCUT2D eigenvalue weighted by atomic mass is 10.1. The van der Waals surface area contributed by atoms with Crippen LogP contribution in [0.4, 0.5) is 0 Å². The zero-order valence-electron chi connectivity index (χ0n) is 10.7. The first-order valence-electron chi connectivity index (χ1n) is 6.18. The van der Waals surface area contributed by atoms with E-state index in [1.165, 1.54) is 0 Å². The zero-order valence-corrected chi connectivity index (χ0v) is 10.7. The van der Waals surface area contributed by atoms with Crippen LogP contribution >= 0.6 is 0 Å². The highest BCUT2D eigenvalue weighted by Crippen LogP contribution is 2.14. The monoisotopic (exact) mass is 237 g/mol. The van der Waals surface area contributed by atoms with Crippen molar-refractivity contribution in [1.82, 2.24) is 0 Å². The van der Waals surface area contributed by atoms with Crippen molar-refractivity contribution in [1.29, 1.82) is 0 Å². The molecule has 96 valence electrons. The number of aliphatic hydroxyl groups excluding tert-OH is 1. The Labute approximate surface area is 104 Å². The summed E-state index contributed by atoms with van der Waals surface area (Å²) >= 11 is 0. The SMILES string of the molecule is CC(C)CCOCC(O)c1ccc(CN)cc1. The summed E-state index contributed by atoms with van der Waals surface area (Å²) in [5.41, 5.74) is 7.47. The van der Waals surface area contributed by atoms with Gasteiger partial charge in [0, 0.05) is 13.2 Å². The van der Waals surface area contributed by atoms with Crippen molar-refractivity contribution in [2.24, 2.45) is 11.7 Å². The summed E-state index contributed by atoms with van der Waals surface area (Å²) in [4.78, 5) is 0. The minimum absolute atomic E-state index is 0.356. The lowest BCUT2D eigenvalue weighted by Gasteiger charge is -2.12. The Morgan fingerprint density at radius 2 is 1.88 bits per heavy atom. The number of hydrogen-bond donors (Lipinski definition) is 2. The van der Waals surface area contributed by atoms with Gasteiger partial charge in [-0.05, 0) is 23.5 Å². The van der Waals surface area contributed by atoms with E-state index < -0.39 is 6.10 Å². The Hall–Kier alpha value is -0.900. The highest BCUT2D eigenvalue weighted by Gasteiger charge is 2.07. The summed E-state index contributed by atoms with van der Waals surface area (Å²) in [6, 6.07) is 7.68. The molecule has 0 spiro atoms. The van der Waals surface area contributed by atoms with Crippen molar-refractivity contribution in [3.8, 4) is 0 Å². The Balaban J connectivity index is 2.33. The van der Waals surface area contributed by atoms with E-state index in [0.717, 1.165) is 17.5 Å². The molecule has 0 heterocycles. The molecule has 0 saturated heterocycles. The summed E-state index contributed by atoms with van der Waals surface area (Å²) < 4.78 is 5.44. The molecule has 0 radical (unpaired) electrons. The minimum Gasteiger partial charge on any atom is -0.386 e. The van der Waals surface area contributed by atoms with E-state index in [4.69, 9.17) is 10.5 Å². The van der Waals surface area contributed by atoms with E-state index in [2.05, 4.69) is 13.8 Å². The van der Waals surface area contributed by atoms with Gasteiger partial charge >= 0.3 is 0 Å². The number of ether oxygens (including phenoxy) is 1. The van der Waals surface area contributed by atoms with Crippen molar-refractivity contribution >= 4 is 0 Å². The second-order valence-corrected chi connectivity index (χ2v) is 4.72. The Morgan fingerprint density at radius 1 is 1.24 bits per heavy atom. The van der Waals surface area contributed by atoms with Gasteiger partial charge in [-0.25, -0.2) is 0 Å². The first-order chi connectivity index (χ1) is 8.13. The van der Waals surface area contributed by atoms with Crippen molar-refractivity contribution in [3.63, 3.8) is 0 Å². The molecule has 0 fully saturated rings. The number of hydrogen-bond acceptors (Lipinski definition) is 3. The molecule has 0 aliphatic rings. The maximum absolute atomic E-state index is 9.89. The van der Waals surface area contributed by atoms with Gasteiger partial charge in [0.1, 0.15) is 6.10 Å². The van der Waals surface area contributed by atoms with E-state index in [1.54, 1.807) is 0 Å². The second-order valence-electron chi connectivity index (χ2n) is 4.72. The summed E-state index contributed by atoms with van der Waals surface area (Å²) in [6.07, 6.45) is 0.479. The minimum atomic E-state index is -0.547. The molecule has 17 heavy (non-hydrogen) atoms. The predicted molar refractivity (Wildman–Crippen MR) is 69.6 cm³/mol. The highest BCUT2D eigenvalue weighted by atomic mass is 16.5. The molecule has 0 bridgehead atoms. The molecule has 1 atom stereocenters. The molecule has 0 saturated carbocycles. The number of benzene rings is 1. The van der Waals surface area contributed by atoms with Crippen molar-refractivity contribution in [3.05, 3.63) is 35.4 Å². The maximum atomic E-state index is 9.89. The first-order valence-corrected chi connectivity index (χ1v) is 6.18. The largest absolute Gasteiger partial charge is 0.386 e. The fourth-order valence-electron chi connectivity index (χ4n) is 1.49. The fourth-order valence-corrected chi connectivity index (χ4v) is 1.49. The quantitative estimate of drug-likeness (QED) is 0.715. The van der Waals surface area contributed by atoms with E-state index in [9.17, 15) is 5.11 Å². The van der Waals surface area contributed by atoms with Crippen LogP contribution < -0.4 is 5.73 Å². The first kappa shape index (κ1) is 14.2. The average Bonchev–Trinajstić information content (AvgIpc) is 2.34. The van der Waals surface area contributed by atoms with Crippen LogP contribution in [0.3, 0.4) is 0 Å². The van der Waals surface area contributed by atoms with Gasteiger partial charge in [0.25, 0.3) is 0 Å². The lowest BCUT2D eigenvalue weighted by Crippen LogP contribution is -2.09. The average molecular weight is 237 g/mol. The smallest absolute Gasteiger partial charge is 0.102 e. The zero-order chi connectivity index (χ0) is 12.7. The van der Waals surface area contributed by atoms with Gasteiger partial charge in [-0.3, -0.25) is 0 Å². The van der Waals surface area contributed by atoms with Crippen LogP contribution in [0.2, 0.25) is 0 Å². The number of rotatable bonds is 7. The summed E-state index contributed by atoms with van der Waals surface area (Å²) in [5, 5.41) is 9.89. The second kappa shape index (κ2) is 7.43. The molecule has 3 nitrogen and oxygen atoms in total. The standard InChI is InChI=1S/C14H23NO2/c1-11(2)7-8-17-10-14(16)13-5-3-12(9-15)4-6-13/h3-6,11,14,16H,7-10,15H2,1-2H3. The third-order valence-electron chi connectivity index (χ3n) is 2.72. The van der Waals surface area contributed by atoms with Gasteiger partial charge in [-0.2, -0.15) is 0 Å². The summed E-state index contributed by atoms with van der Waals surface area (Å²) in [5.74, 6) is 0.635. The summed E-state index contributed by atoms with van der Waals surface area (Å²) in [6.45, 7) is 5.90. The topological polar surface area (TPSA) is 55.5 Å². The highest BCUT2D eigenvalue weighted by molar-refractivity contribution is 5.23. The molecule has 0 aliphatic carbocycles. The maximum Gasteiger partial charge on any atom is 0.102 e. The third kappa shape index (κ3) is 5.31. The van der Waals surface area contributed by atoms with Crippen LogP contribution in [-0.2, 0) is 11.3 Å². The van der Waals surface area contributed by atoms with E-state index in [0.29, 0.717) is 25.7 Å².